The zero-order valence-corrected chi connectivity index (χ0v) is 10.7. The zero-order chi connectivity index (χ0) is 13.7. The van der Waals surface area contributed by atoms with Gasteiger partial charge in [-0.3, -0.25) is 9.59 Å². The lowest BCUT2D eigenvalue weighted by atomic mass is 10.1. The minimum atomic E-state index is -0.284. The number of hydrogen-bond donors (Lipinski definition) is 0. The molecule has 1 heterocycles. The molecule has 0 radical (unpaired) electrons. The average Bonchev–Trinajstić information content (AvgIpc) is 2.44. The van der Waals surface area contributed by atoms with Gasteiger partial charge in [0.05, 0.1) is 13.2 Å². The van der Waals surface area contributed by atoms with Crippen LogP contribution in [0.5, 0.6) is 5.75 Å². The summed E-state index contributed by atoms with van der Waals surface area (Å²) in [5.41, 5.74) is 0.310. The van der Waals surface area contributed by atoms with Crippen LogP contribution < -0.4 is 10.3 Å². The minimum absolute atomic E-state index is 0.0176. The molecule has 0 unspecified atom stereocenters. The molecule has 0 amide bonds. The molecule has 2 rings (SSSR count). The van der Waals surface area contributed by atoms with Gasteiger partial charge in [-0.1, -0.05) is 30.3 Å². The van der Waals surface area contributed by atoms with Gasteiger partial charge in [0.1, 0.15) is 0 Å². The maximum atomic E-state index is 12.0. The van der Waals surface area contributed by atoms with Gasteiger partial charge in [-0.15, -0.1) is 0 Å². The number of nitrogens with zero attached hydrogens (tertiary/aromatic N) is 1. The topological polar surface area (TPSA) is 48.3 Å². The summed E-state index contributed by atoms with van der Waals surface area (Å²) in [4.78, 5) is 24.0. The summed E-state index contributed by atoms with van der Waals surface area (Å²) < 4.78 is 6.58. The molecule has 2 aromatic rings. The highest BCUT2D eigenvalue weighted by molar-refractivity contribution is 5.95. The molecule has 0 saturated carbocycles. The SMILES string of the molecule is CCOc1cccn(CC(=O)c2ccccc2)c1=O. The Morgan fingerprint density at radius 2 is 1.89 bits per heavy atom. The van der Waals surface area contributed by atoms with E-state index in [1.54, 1.807) is 42.6 Å². The molecular formula is C15H15NO3. The van der Waals surface area contributed by atoms with E-state index in [2.05, 4.69) is 0 Å². The van der Waals surface area contributed by atoms with Crippen LogP contribution >= 0.6 is 0 Å². The van der Waals surface area contributed by atoms with Crippen molar-refractivity contribution in [3.05, 3.63) is 64.6 Å². The van der Waals surface area contributed by atoms with Crippen LogP contribution in [-0.4, -0.2) is 17.0 Å². The number of benzene rings is 1. The first kappa shape index (κ1) is 13.1. The molecule has 1 aromatic carbocycles. The molecule has 0 spiro atoms. The van der Waals surface area contributed by atoms with Crippen molar-refractivity contribution in [1.82, 2.24) is 4.57 Å². The number of carbonyl (C=O) groups excluding carboxylic acids is 1. The summed E-state index contributed by atoms with van der Waals surface area (Å²) in [6.45, 7) is 2.25. The Bertz CT molecular complexity index is 617. The number of pyridine rings is 1. The number of carbonyl (C=O) groups is 1. The Morgan fingerprint density at radius 1 is 1.16 bits per heavy atom. The van der Waals surface area contributed by atoms with Gasteiger partial charge < -0.3 is 9.30 Å². The third-order valence-electron chi connectivity index (χ3n) is 2.69. The monoisotopic (exact) mass is 257 g/mol. The molecule has 4 nitrogen and oxygen atoms in total. The maximum Gasteiger partial charge on any atom is 0.293 e. The van der Waals surface area contributed by atoms with Crippen molar-refractivity contribution in [2.75, 3.05) is 6.61 Å². The van der Waals surface area contributed by atoms with Crippen molar-refractivity contribution in [1.29, 1.82) is 0 Å². The van der Waals surface area contributed by atoms with Crippen LogP contribution in [0, 0.1) is 0 Å². The Balaban J connectivity index is 2.22. The lowest BCUT2D eigenvalue weighted by Crippen LogP contribution is -2.24. The normalized spacial score (nSPS) is 10.2. The van der Waals surface area contributed by atoms with Gasteiger partial charge in [0.2, 0.25) is 0 Å². The molecule has 0 bridgehead atoms. The first-order chi connectivity index (χ1) is 9.22. The van der Waals surface area contributed by atoms with Crippen LogP contribution in [0.4, 0.5) is 0 Å². The highest BCUT2D eigenvalue weighted by Gasteiger charge is 2.09. The zero-order valence-electron chi connectivity index (χ0n) is 10.7. The summed E-state index contributed by atoms with van der Waals surface area (Å²) in [7, 11) is 0. The summed E-state index contributed by atoms with van der Waals surface area (Å²) in [6, 6.07) is 12.2. The summed E-state index contributed by atoms with van der Waals surface area (Å²) in [5.74, 6) is 0.169. The van der Waals surface area contributed by atoms with E-state index in [1.165, 1.54) is 4.57 Å². The van der Waals surface area contributed by atoms with Gasteiger partial charge in [-0.25, -0.2) is 0 Å². The molecule has 4 heteroatoms. The van der Waals surface area contributed by atoms with Crippen LogP contribution in [0.25, 0.3) is 0 Å². The van der Waals surface area contributed by atoms with E-state index in [0.717, 1.165) is 0 Å². The Kier molecular flexibility index (Phi) is 4.13. The van der Waals surface area contributed by atoms with Gasteiger partial charge in [-0.2, -0.15) is 0 Å². The Hall–Kier alpha value is -2.36. The number of ether oxygens (including phenoxy) is 1. The van der Waals surface area contributed by atoms with Gasteiger partial charge in [-0.05, 0) is 19.1 Å². The van der Waals surface area contributed by atoms with Gasteiger partial charge in [0.15, 0.2) is 11.5 Å². The lowest BCUT2D eigenvalue weighted by molar-refractivity contribution is 0.0970. The van der Waals surface area contributed by atoms with Crippen molar-refractivity contribution in [2.45, 2.75) is 13.5 Å². The first-order valence-corrected chi connectivity index (χ1v) is 6.13. The van der Waals surface area contributed by atoms with E-state index in [1.807, 2.05) is 13.0 Å². The van der Waals surface area contributed by atoms with Crippen LogP contribution in [-0.2, 0) is 6.54 Å². The van der Waals surface area contributed by atoms with Crippen LogP contribution in [0.1, 0.15) is 17.3 Å². The van der Waals surface area contributed by atoms with E-state index in [-0.39, 0.29) is 23.6 Å². The fourth-order valence-corrected chi connectivity index (χ4v) is 1.77. The van der Waals surface area contributed by atoms with Crippen LogP contribution in [0.15, 0.2) is 53.5 Å². The number of aromatic nitrogens is 1. The second-order valence-corrected chi connectivity index (χ2v) is 4.03. The molecule has 19 heavy (non-hydrogen) atoms. The average molecular weight is 257 g/mol. The van der Waals surface area contributed by atoms with E-state index < -0.39 is 0 Å². The fraction of sp³-hybridized carbons (Fsp3) is 0.200. The molecule has 98 valence electrons. The second-order valence-electron chi connectivity index (χ2n) is 4.03. The highest BCUT2D eigenvalue weighted by Crippen LogP contribution is 2.04. The van der Waals surface area contributed by atoms with E-state index in [4.69, 9.17) is 4.74 Å². The maximum absolute atomic E-state index is 12.0. The van der Waals surface area contributed by atoms with Gasteiger partial charge in [0.25, 0.3) is 5.56 Å². The Morgan fingerprint density at radius 3 is 2.58 bits per heavy atom. The van der Waals surface area contributed by atoms with Crippen molar-refractivity contribution >= 4 is 5.78 Å². The highest BCUT2D eigenvalue weighted by atomic mass is 16.5. The molecule has 0 aliphatic carbocycles. The lowest BCUT2D eigenvalue weighted by Gasteiger charge is -2.07. The van der Waals surface area contributed by atoms with Crippen molar-refractivity contribution in [3.63, 3.8) is 0 Å². The molecule has 0 aliphatic rings. The van der Waals surface area contributed by atoms with Crippen LogP contribution in [0.3, 0.4) is 0 Å². The molecular weight excluding hydrogens is 242 g/mol. The standard InChI is InChI=1S/C15H15NO3/c1-2-19-14-9-6-10-16(15(14)18)11-13(17)12-7-4-3-5-8-12/h3-10H,2,11H2,1H3. The summed E-state index contributed by atoms with van der Waals surface area (Å²) >= 11 is 0. The van der Waals surface area contributed by atoms with E-state index >= 15 is 0 Å². The van der Waals surface area contributed by atoms with Crippen molar-refractivity contribution in [2.24, 2.45) is 0 Å². The largest absolute Gasteiger partial charge is 0.488 e. The number of Topliss-reactive ketones (excluding diaryl/α,β-unsaturated/α-hetero) is 1. The van der Waals surface area contributed by atoms with Gasteiger partial charge in [0, 0.05) is 11.8 Å². The fourth-order valence-electron chi connectivity index (χ4n) is 1.77. The number of ketones is 1. The van der Waals surface area contributed by atoms with Crippen LogP contribution in [0.2, 0.25) is 0 Å². The predicted octanol–water partition coefficient (Wildman–Crippen LogP) is 2.13. The third kappa shape index (κ3) is 3.10. The summed E-state index contributed by atoms with van der Waals surface area (Å²) in [6.07, 6.45) is 1.59. The van der Waals surface area contributed by atoms with E-state index in [9.17, 15) is 9.59 Å². The van der Waals surface area contributed by atoms with E-state index in [0.29, 0.717) is 12.2 Å². The minimum Gasteiger partial charge on any atom is -0.488 e. The smallest absolute Gasteiger partial charge is 0.293 e. The second kappa shape index (κ2) is 6.00. The first-order valence-electron chi connectivity index (χ1n) is 6.13. The number of rotatable bonds is 5. The Labute approximate surface area is 111 Å². The van der Waals surface area contributed by atoms with Crippen molar-refractivity contribution < 1.29 is 9.53 Å². The van der Waals surface area contributed by atoms with Gasteiger partial charge >= 0.3 is 0 Å². The molecule has 0 atom stereocenters. The molecule has 0 aliphatic heterocycles. The molecule has 0 N–H and O–H groups in total. The van der Waals surface area contributed by atoms with Crippen molar-refractivity contribution in [3.8, 4) is 5.75 Å². The number of hydrogen-bond acceptors (Lipinski definition) is 3. The molecule has 1 aromatic heterocycles. The summed E-state index contributed by atoms with van der Waals surface area (Å²) in [5, 5.41) is 0. The molecule has 0 saturated heterocycles. The third-order valence-corrected chi connectivity index (χ3v) is 2.69. The quantitative estimate of drug-likeness (QED) is 0.771. The molecule has 0 fully saturated rings. The predicted molar refractivity (Wildman–Crippen MR) is 72.6 cm³/mol.